The van der Waals surface area contributed by atoms with E-state index in [1.54, 1.807) is 6.92 Å². The molecule has 1 aromatic rings. The summed E-state index contributed by atoms with van der Waals surface area (Å²) in [6.07, 6.45) is 1.91. The monoisotopic (exact) mass is 234 g/mol. The Labute approximate surface area is 103 Å². The Bertz CT molecular complexity index is 429. The first kappa shape index (κ1) is 13.6. The lowest BCUT2D eigenvalue weighted by molar-refractivity contribution is 0.735. The molecule has 0 aliphatic carbocycles. The van der Waals surface area contributed by atoms with Crippen LogP contribution in [0.1, 0.15) is 52.3 Å². The van der Waals surface area contributed by atoms with Crippen molar-refractivity contribution in [2.75, 3.05) is 0 Å². The molecule has 17 heavy (non-hydrogen) atoms. The number of hydrogen-bond donors (Lipinski definition) is 2. The average Bonchev–Trinajstić information content (AvgIpc) is 2.70. The van der Waals surface area contributed by atoms with Gasteiger partial charge in [-0.25, -0.2) is 4.99 Å². The van der Waals surface area contributed by atoms with Crippen LogP contribution >= 0.6 is 0 Å². The molecular formula is C13H22N4. The number of nitrogens with zero attached hydrogens (tertiary/aromatic N) is 2. The van der Waals surface area contributed by atoms with Crippen molar-refractivity contribution in [1.82, 2.24) is 10.2 Å². The summed E-state index contributed by atoms with van der Waals surface area (Å²) in [5, 5.41) is 15.0. The van der Waals surface area contributed by atoms with Crippen LogP contribution < -0.4 is 0 Å². The van der Waals surface area contributed by atoms with E-state index in [0.717, 1.165) is 29.8 Å². The van der Waals surface area contributed by atoms with Crippen LogP contribution in [0.2, 0.25) is 0 Å². The van der Waals surface area contributed by atoms with Gasteiger partial charge in [-0.3, -0.25) is 5.10 Å². The Morgan fingerprint density at radius 1 is 1.41 bits per heavy atom. The van der Waals surface area contributed by atoms with E-state index in [-0.39, 0.29) is 0 Å². The van der Waals surface area contributed by atoms with Crippen molar-refractivity contribution in [3.8, 4) is 0 Å². The van der Waals surface area contributed by atoms with Gasteiger partial charge in [0.25, 0.3) is 0 Å². The van der Waals surface area contributed by atoms with Crippen LogP contribution in [0.3, 0.4) is 0 Å². The molecule has 4 nitrogen and oxygen atoms in total. The third-order valence-electron chi connectivity index (χ3n) is 3.16. The summed E-state index contributed by atoms with van der Waals surface area (Å²) in [4.78, 5) is 4.55. The number of aromatic amines is 1. The SMILES string of the molecule is CCc1[nH]nc(N=C(C)C(C)CC)c1C(C)=N. The second-order valence-corrected chi connectivity index (χ2v) is 4.44. The zero-order valence-electron chi connectivity index (χ0n) is 11.4. The van der Waals surface area contributed by atoms with Gasteiger partial charge in [-0.15, -0.1) is 0 Å². The summed E-state index contributed by atoms with van der Waals surface area (Å²) in [7, 11) is 0. The molecule has 0 aliphatic heterocycles. The smallest absolute Gasteiger partial charge is 0.182 e. The summed E-state index contributed by atoms with van der Waals surface area (Å²) in [5.74, 6) is 1.11. The van der Waals surface area contributed by atoms with Gasteiger partial charge in [0.2, 0.25) is 0 Å². The van der Waals surface area contributed by atoms with Gasteiger partial charge in [0.15, 0.2) is 5.82 Å². The van der Waals surface area contributed by atoms with E-state index in [1.165, 1.54) is 0 Å². The summed E-state index contributed by atoms with van der Waals surface area (Å²) < 4.78 is 0. The van der Waals surface area contributed by atoms with Gasteiger partial charge in [0.1, 0.15) is 0 Å². The molecule has 0 aliphatic rings. The Morgan fingerprint density at radius 3 is 2.53 bits per heavy atom. The highest BCUT2D eigenvalue weighted by Gasteiger charge is 2.14. The van der Waals surface area contributed by atoms with Gasteiger partial charge in [-0.1, -0.05) is 20.8 Å². The zero-order chi connectivity index (χ0) is 13.0. The maximum Gasteiger partial charge on any atom is 0.182 e. The van der Waals surface area contributed by atoms with E-state index in [2.05, 4.69) is 36.0 Å². The van der Waals surface area contributed by atoms with Gasteiger partial charge < -0.3 is 5.41 Å². The van der Waals surface area contributed by atoms with Gasteiger partial charge in [-0.2, -0.15) is 5.10 Å². The molecule has 0 aromatic carbocycles. The molecule has 1 unspecified atom stereocenters. The first-order valence-corrected chi connectivity index (χ1v) is 6.19. The van der Waals surface area contributed by atoms with Crippen molar-refractivity contribution in [2.24, 2.45) is 10.9 Å². The van der Waals surface area contributed by atoms with Gasteiger partial charge in [0.05, 0.1) is 5.56 Å². The molecule has 0 radical (unpaired) electrons. The summed E-state index contributed by atoms with van der Waals surface area (Å²) in [5.41, 5.74) is 3.44. The van der Waals surface area contributed by atoms with Crippen molar-refractivity contribution in [3.63, 3.8) is 0 Å². The van der Waals surface area contributed by atoms with Crippen molar-refractivity contribution >= 4 is 17.2 Å². The lowest BCUT2D eigenvalue weighted by atomic mass is 10.0. The predicted molar refractivity (Wildman–Crippen MR) is 72.7 cm³/mol. The van der Waals surface area contributed by atoms with Crippen LogP contribution in [0.15, 0.2) is 4.99 Å². The minimum Gasteiger partial charge on any atom is -0.305 e. The summed E-state index contributed by atoms with van der Waals surface area (Å²) >= 11 is 0. The van der Waals surface area contributed by atoms with Crippen molar-refractivity contribution in [2.45, 2.75) is 47.5 Å². The molecule has 1 atom stereocenters. The maximum absolute atomic E-state index is 7.80. The predicted octanol–water partition coefficient (Wildman–Crippen LogP) is 3.50. The van der Waals surface area contributed by atoms with Gasteiger partial charge in [0, 0.05) is 17.1 Å². The van der Waals surface area contributed by atoms with E-state index >= 15 is 0 Å². The topological polar surface area (TPSA) is 64.9 Å². The van der Waals surface area contributed by atoms with Gasteiger partial charge in [-0.05, 0) is 32.6 Å². The van der Waals surface area contributed by atoms with E-state index in [9.17, 15) is 0 Å². The molecule has 2 N–H and O–H groups in total. The number of nitrogens with one attached hydrogen (secondary N) is 2. The third kappa shape index (κ3) is 3.02. The Morgan fingerprint density at radius 2 is 2.06 bits per heavy atom. The van der Waals surface area contributed by atoms with E-state index in [4.69, 9.17) is 5.41 Å². The second-order valence-electron chi connectivity index (χ2n) is 4.44. The largest absolute Gasteiger partial charge is 0.305 e. The molecule has 0 saturated carbocycles. The standard InChI is InChI=1S/C13H22N4/c1-6-8(3)10(5)15-13-12(9(4)14)11(7-2)16-17-13/h8,14H,6-7H2,1-5H3,(H,16,17). The number of rotatable bonds is 5. The minimum absolute atomic E-state index is 0.454. The van der Waals surface area contributed by atoms with E-state index < -0.39 is 0 Å². The average molecular weight is 234 g/mol. The van der Waals surface area contributed by atoms with Crippen molar-refractivity contribution < 1.29 is 0 Å². The fourth-order valence-corrected chi connectivity index (χ4v) is 1.67. The maximum atomic E-state index is 7.80. The fraction of sp³-hybridized carbons (Fsp3) is 0.615. The molecular weight excluding hydrogens is 212 g/mol. The Balaban J connectivity index is 3.15. The van der Waals surface area contributed by atoms with Crippen LogP contribution in [-0.4, -0.2) is 21.6 Å². The zero-order valence-corrected chi connectivity index (χ0v) is 11.4. The van der Waals surface area contributed by atoms with Crippen LogP contribution in [0, 0.1) is 11.3 Å². The lowest BCUT2D eigenvalue weighted by Crippen LogP contribution is -2.05. The lowest BCUT2D eigenvalue weighted by Gasteiger charge is -2.07. The Kier molecular flexibility index (Phi) is 4.61. The van der Waals surface area contributed by atoms with Crippen LogP contribution in [-0.2, 0) is 6.42 Å². The molecule has 1 aromatic heterocycles. The first-order chi connectivity index (χ1) is 8.01. The normalized spacial score (nSPS) is 13.8. The highest BCUT2D eigenvalue weighted by atomic mass is 15.2. The summed E-state index contributed by atoms with van der Waals surface area (Å²) in [6.45, 7) is 10.2. The highest BCUT2D eigenvalue weighted by molar-refractivity contribution is 6.02. The number of aliphatic imine (C=N–C) groups is 1. The molecule has 0 saturated heterocycles. The first-order valence-electron chi connectivity index (χ1n) is 6.19. The number of H-pyrrole nitrogens is 1. The molecule has 0 bridgehead atoms. The molecule has 0 amide bonds. The molecule has 1 rings (SSSR count). The number of aromatic nitrogens is 2. The van der Waals surface area contributed by atoms with Gasteiger partial charge >= 0.3 is 0 Å². The second kappa shape index (κ2) is 5.75. The van der Waals surface area contributed by atoms with E-state index in [1.807, 2.05) is 6.92 Å². The highest BCUT2D eigenvalue weighted by Crippen LogP contribution is 2.22. The van der Waals surface area contributed by atoms with Crippen LogP contribution in [0.5, 0.6) is 0 Å². The summed E-state index contributed by atoms with van der Waals surface area (Å²) in [6, 6.07) is 0. The minimum atomic E-state index is 0.454. The Hall–Kier alpha value is -1.45. The molecule has 94 valence electrons. The molecule has 0 fully saturated rings. The molecule has 0 spiro atoms. The van der Waals surface area contributed by atoms with E-state index in [0.29, 0.717) is 17.4 Å². The molecule has 4 heteroatoms. The third-order valence-corrected chi connectivity index (χ3v) is 3.16. The van der Waals surface area contributed by atoms with Crippen LogP contribution in [0.25, 0.3) is 0 Å². The molecule has 1 heterocycles. The fourth-order valence-electron chi connectivity index (χ4n) is 1.67. The number of aryl methyl sites for hydroxylation is 1. The van der Waals surface area contributed by atoms with Crippen LogP contribution in [0.4, 0.5) is 5.82 Å². The van der Waals surface area contributed by atoms with Crippen molar-refractivity contribution in [1.29, 1.82) is 5.41 Å². The number of hydrogen-bond acceptors (Lipinski definition) is 3. The van der Waals surface area contributed by atoms with Crippen molar-refractivity contribution in [3.05, 3.63) is 11.3 Å². The quantitative estimate of drug-likeness (QED) is 0.752.